The highest BCUT2D eigenvalue weighted by Gasteiger charge is 2.35. The largest absolute Gasteiger partial charge is 0.490 e. The third-order valence-corrected chi connectivity index (χ3v) is 6.87. The van der Waals surface area contributed by atoms with Gasteiger partial charge in [-0.15, -0.1) is 11.8 Å². The molecule has 2 aromatic carbocycles. The van der Waals surface area contributed by atoms with E-state index < -0.39 is 10.3 Å². The Kier molecular flexibility index (Phi) is 7.97. The topological polar surface area (TPSA) is 93.0 Å². The predicted molar refractivity (Wildman–Crippen MR) is 128 cm³/mol. The molecule has 0 unspecified atom stereocenters. The van der Waals surface area contributed by atoms with Crippen molar-refractivity contribution >= 4 is 29.3 Å². The van der Waals surface area contributed by atoms with Crippen LogP contribution in [0.15, 0.2) is 48.5 Å². The van der Waals surface area contributed by atoms with E-state index in [0.717, 1.165) is 11.1 Å². The third-order valence-electron chi connectivity index (χ3n) is 5.88. The summed E-state index contributed by atoms with van der Waals surface area (Å²) in [6.45, 7) is 5.89. The molecule has 0 radical (unpaired) electrons. The highest BCUT2D eigenvalue weighted by atomic mass is 32.2. The normalized spacial score (nSPS) is 14.2. The summed E-state index contributed by atoms with van der Waals surface area (Å²) >= 11 is 1.42. The number of amides is 2. The first-order valence-electron chi connectivity index (χ1n) is 10.8. The Hall–Kier alpha value is -3.07. The molecule has 0 spiro atoms. The lowest BCUT2D eigenvalue weighted by atomic mass is 9.83. The van der Waals surface area contributed by atoms with E-state index in [1.165, 1.54) is 24.9 Å². The third kappa shape index (κ3) is 5.84. The van der Waals surface area contributed by atoms with Gasteiger partial charge in [-0.25, -0.2) is 0 Å². The van der Waals surface area contributed by atoms with Gasteiger partial charge >= 0.3 is 5.69 Å². The number of nitro groups is 1. The number of carbonyl (C=O) groups excluding carboxylic acids is 2. The highest BCUT2D eigenvalue weighted by molar-refractivity contribution is 7.99. The number of hydrogen-bond donors (Lipinski definition) is 0. The van der Waals surface area contributed by atoms with E-state index in [4.69, 9.17) is 4.74 Å². The fourth-order valence-corrected chi connectivity index (χ4v) is 4.72. The van der Waals surface area contributed by atoms with Crippen molar-refractivity contribution in [2.45, 2.75) is 25.0 Å². The van der Waals surface area contributed by atoms with Gasteiger partial charge in [0.1, 0.15) is 0 Å². The molecule has 2 aromatic rings. The zero-order chi connectivity index (χ0) is 24.0. The predicted octanol–water partition coefficient (Wildman–Crippen LogP) is 3.49. The van der Waals surface area contributed by atoms with Crippen molar-refractivity contribution in [1.29, 1.82) is 0 Å². The van der Waals surface area contributed by atoms with Crippen LogP contribution in [0, 0.1) is 10.1 Å². The van der Waals surface area contributed by atoms with Gasteiger partial charge in [0.25, 0.3) is 0 Å². The first-order chi connectivity index (χ1) is 15.7. The minimum absolute atomic E-state index is 0.0115. The Morgan fingerprint density at radius 3 is 2.30 bits per heavy atom. The number of ether oxygens (including phenoxy) is 1. The van der Waals surface area contributed by atoms with Crippen LogP contribution in [0.3, 0.4) is 0 Å². The molecule has 1 aliphatic rings. The maximum atomic E-state index is 13.1. The summed E-state index contributed by atoms with van der Waals surface area (Å²) in [5.41, 5.74) is 1.04. The average molecular weight is 472 g/mol. The van der Waals surface area contributed by atoms with Crippen LogP contribution >= 0.6 is 11.8 Å². The molecule has 0 atom stereocenters. The van der Waals surface area contributed by atoms with Crippen molar-refractivity contribution in [2.24, 2.45) is 0 Å². The van der Waals surface area contributed by atoms with E-state index in [-0.39, 0.29) is 29.0 Å². The molecule has 1 fully saturated rings. The molecule has 9 heteroatoms. The Labute approximate surface area is 198 Å². The summed E-state index contributed by atoms with van der Waals surface area (Å²) < 4.78 is 5.02. The number of hydrogen-bond acceptors (Lipinski definition) is 6. The van der Waals surface area contributed by atoms with Gasteiger partial charge in [0, 0.05) is 38.0 Å². The van der Waals surface area contributed by atoms with Crippen molar-refractivity contribution in [2.75, 3.05) is 39.0 Å². The second-order valence-electron chi connectivity index (χ2n) is 8.42. The Balaban J connectivity index is 1.48. The lowest BCUT2D eigenvalue weighted by Crippen LogP contribution is -2.54. The lowest BCUT2D eigenvalue weighted by molar-refractivity contribution is -0.385. The van der Waals surface area contributed by atoms with Crippen LogP contribution in [-0.4, -0.2) is 65.6 Å². The number of piperazine rings is 1. The molecular formula is C24H29N3O5S. The average Bonchev–Trinajstić information content (AvgIpc) is 2.84. The summed E-state index contributed by atoms with van der Waals surface area (Å²) in [6, 6.07) is 14.5. The van der Waals surface area contributed by atoms with Crippen molar-refractivity contribution < 1.29 is 19.2 Å². The second-order valence-corrected chi connectivity index (χ2v) is 9.41. The number of rotatable bonds is 8. The number of methoxy groups -OCH3 is 1. The fraction of sp³-hybridized carbons (Fsp3) is 0.417. The Bertz CT molecular complexity index is 1000. The quantitative estimate of drug-likeness (QED) is 0.432. The zero-order valence-corrected chi connectivity index (χ0v) is 20.0. The van der Waals surface area contributed by atoms with Crippen LogP contribution in [-0.2, 0) is 20.8 Å². The number of thioether (sulfide) groups is 1. The molecule has 0 bridgehead atoms. The van der Waals surface area contributed by atoms with Gasteiger partial charge in [-0.1, -0.05) is 36.4 Å². The number of nitrogens with zero attached hydrogens (tertiary/aromatic N) is 3. The summed E-state index contributed by atoms with van der Waals surface area (Å²) in [4.78, 5) is 40.0. The minimum Gasteiger partial charge on any atom is -0.490 e. The number of benzene rings is 2. The lowest BCUT2D eigenvalue weighted by Gasteiger charge is -2.38. The molecule has 176 valence electrons. The SMILES string of the molecule is COc1ccc(CSCC(=O)N2CCN(C(=O)C(C)(C)c3ccccc3)CC2)cc1[N+](=O)[O-]. The van der Waals surface area contributed by atoms with Gasteiger partial charge in [-0.3, -0.25) is 19.7 Å². The summed E-state index contributed by atoms with van der Waals surface area (Å²) in [6.07, 6.45) is 0. The molecule has 0 N–H and O–H groups in total. The summed E-state index contributed by atoms with van der Waals surface area (Å²) in [5.74, 6) is 1.06. The molecule has 33 heavy (non-hydrogen) atoms. The number of nitro benzene ring substituents is 1. The van der Waals surface area contributed by atoms with Crippen molar-refractivity contribution in [3.05, 3.63) is 69.8 Å². The molecule has 0 saturated carbocycles. The van der Waals surface area contributed by atoms with Gasteiger partial charge in [-0.05, 0) is 31.0 Å². The summed E-state index contributed by atoms with van der Waals surface area (Å²) in [7, 11) is 1.39. The standard InChI is InChI=1S/C24H29N3O5S/c1-24(2,19-7-5-4-6-8-19)23(29)26-13-11-25(12-14-26)22(28)17-33-16-18-9-10-21(32-3)20(15-18)27(30)31/h4-10,15H,11-14,16-17H2,1-3H3. The van der Waals surface area contributed by atoms with Crippen LogP contribution < -0.4 is 4.74 Å². The van der Waals surface area contributed by atoms with Crippen molar-refractivity contribution in [3.8, 4) is 5.75 Å². The first kappa shape index (κ1) is 24.6. The van der Waals surface area contributed by atoms with E-state index in [1.54, 1.807) is 17.0 Å². The van der Waals surface area contributed by atoms with Gasteiger partial charge in [0.2, 0.25) is 11.8 Å². The Morgan fingerprint density at radius 1 is 1.06 bits per heavy atom. The smallest absolute Gasteiger partial charge is 0.311 e. The number of carbonyl (C=O) groups is 2. The second kappa shape index (κ2) is 10.7. The molecule has 2 amide bonds. The van der Waals surface area contributed by atoms with Crippen LogP contribution in [0.4, 0.5) is 5.69 Å². The molecule has 0 aromatic heterocycles. The molecule has 1 aliphatic heterocycles. The van der Waals surface area contributed by atoms with E-state index >= 15 is 0 Å². The van der Waals surface area contributed by atoms with E-state index in [2.05, 4.69) is 0 Å². The molecule has 3 rings (SSSR count). The maximum absolute atomic E-state index is 13.1. The molecule has 0 aliphatic carbocycles. The van der Waals surface area contributed by atoms with Crippen molar-refractivity contribution in [1.82, 2.24) is 9.80 Å². The first-order valence-corrected chi connectivity index (χ1v) is 11.9. The fourth-order valence-electron chi connectivity index (χ4n) is 3.85. The monoisotopic (exact) mass is 471 g/mol. The maximum Gasteiger partial charge on any atom is 0.311 e. The van der Waals surface area contributed by atoms with Gasteiger partial charge < -0.3 is 14.5 Å². The minimum atomic E-state index is -0.621. The van der Waals surface area contributed by atoms with Crippen molar-refractivity contribution in [3.63, 3.8) is 0 Å². The van der Waals surface area contributed by atoms with Crippen LogP contribution in [0.25, 0.3) is 0 Å². The molecule has 1 saturated heterocycles. The van der Waals surface area contributed by atoms with Gasteiger partial charge in [-0.2, -0.15) is 0 Å². The van der Waals surface area contributed by atoms with Crippen LogP contribution in [0.2, 0.25) is 0 Å². The van der Waals surface area contributed by atoms with Crippen LogP contribution in [0.5, 0.6) is 5.75 Å². The Morgan fingerprint density at radius 2 is 1.70 bits per heavy atom. The van der Waals surface area contributed by atoms with Gasteiger partial charge in [0.15, 0.2) is 5.75 Å². The van der Waals surface area contributed by atoms with E-state index in [9.17, 15) is 19.7 Å². The molecular weight excluding hydrogens is 442 g/mol. The molecule has 8 nitrogen and oxygen atoms in total. The molecule has 1 heterocycles. The van der Waals surface area contributed by atoms with Gasteiger partial charge in [0.05, 0.1) is 23.2 Å². The van der Waals surface area contributed by atoms with Crippen LogP contribution in [0.1, 0.15) is 25.0 Å². The van der Waals surface area contributed by atoms with E-state index in [1.807, 2.05) is 49.1 Å². The van der Waals surface area contributed by atoms with E-state index in [0.29, 0.717) is 31.9 Å². The summed E-state index contributed by atoms with van der Waals surface area (Å²) in [5, 5.41) is 11.2. The highest BCUT2D eigenvalue weighted by Crippen LogP contribution is 2.29. The zero-order valence-electron chi connectivity index (χ0n) is 19.2.